The molecule has 0 aromatic rings. The van der Waals surface area contributed by atoms with Crippen molar-refractivity contribution in [2.24, 2.45) is 5.92 Å². The smallest absolute Gasteiger partial charge is 0.0787 e. The van der Waals surface area contributed by atoms with Crippen molar-refractivity contribution in [3.05, 3.63) is 0 Å². The van der Waals surface area contributed by atoms with Crippen LogP contribution in [0.3, 0.4) is 0 Å². The number of rotatable bonds is 3. The van der Waals surface area contributed by atoms with Gasteiger partial charge < -0.3 is 10.1 Å². The van der Waals surface area contributed by atoms with Crippen LogP contribution in [0.1, 0.15) is 48.0 Å². The average Bonchev–Trinajstić information content (AvgIpc) is 2.14. The molecular formula is C12H25NO. The van der Waals surface area contributed by atoms with E-state index in [0.29, 0.717) is 12.0 Å². The summed E-state index contributed by atoms with van der Waals surface area (Å²) in [6.07, 6.45) is 1.10. The van der Waals surface area contributed by atoms with Gasteiger partial charge in [-0.3, -0.25) is 0 Å². The van der Waals surface area contributed by atoms with E-state index in [4.69, 9.17) is 4.74 Å². The molecule has 0 radical (unpaired) electrons. The van der Waals surface area contributed by atoms with Gasteiger partial charge in [-0.25, -0.2) is 0 Å². The quantitative estimate of drug-likeness (QED) is 0.754. The van der Waals surface area contributed by atoms with Crippen molar-refractivity contribution in [1.82, 2.24) is 5.32 Å². The second-order valence-electron chi connectivity index (χ2n) is 6.02. The van der Waals surface area contributed by atoms with Crippen LogP contribution in [0.5, 0.6) is 0 Å². The predicted octanol–water partition coefficient (Wildman–Crippen LogP) is 2.58. The molecule has 2 heteroatoms. The highest BCUT2D eigenvalue weighted by molar-refractivity contribution is 4.98. The highest BCUT2D eigenvalue weighted by Gasteiger charge is 2.45. The summed E-state index contributed by atoms with van der Waals surface area (Å²) in [5, 5.41) is 3.60. The summed E-state index contributed by atoms with van der Waals surface area (Å²) < 4.78 is 6.02. The van der Waals surface area contributed by atoms with Crippen LogP contribution in [0.2, 0.25) is 0 Å². The van der Waals surface area contributed by atoms with Crippen LogP contribution in [-0.4, -0.2) is 23.8 Å². The van der Waals surface area contributed by atoms with Gasteiger partial charge in [0.1, 0.15) is 0 Å². The zero-order valence-corrected chi connectivity index (χ0v) is 10.5. The van der Waals surface area contributed by atoms with Crippen LogP contribution < -0.4 is 5.32 Å². The van der Waals surface area contributed by atoms with Crippen LogP contribution in [0, 0.1) is 5.92 Å². The third kappa shape index (κ3) is 2.96. The molecule has 0 bridgehead atoms. The van der Waals surface area contributed by atoms with Crippen molar-refractivity contribution >= 4 is 0 Å². The summed E-state index contributed by atoms with van der Waals surface area (Å²) in [6, 6.07) is 0.486. The number of hydrogen-bond donors (Lipinski definition) is 1. The Labute approximate surface area is 88.4 Å². The van der Waals surface area contributed by atoms with Crippen molar-refractivity contribution in [2.75, 3.05) is 6.54 Å². The number of hydrogen-bond acceptors (Lipinski definition) is 2. The van der Waals surface area contributed by atoms with Gasteiger partial charge in [0.15, 0.2) is 0 Å². The Balaban J connectivity index is 2.53. The molecule has 1 atom stereocenters. The predicted molar refractivity (Wildman–Crippen MR) is 60.5 cm³/mol. The summed E-state index contributed by atoms with van der Waals surface area (Å²) in [4.78, 5) is 0. The summed E-state index contributed by atoms with van der Waals surface area (Å²) in [7, 11) is 0. The molecule has 0 unspecified atom stereocenters. The second-order valence-corrected chi connectivity index (χ2v) is 6.02. The van der Waals surface area contributed by atoms with Gasteiger partial charge in [0.25, 0.3) is 0 Å². The molecule has 2 nitrogen and oxygen atoms in total. The van der Waals surface area contributed by atoms with Gasteiger partial charge in [-0.2, -0.15) is 0 Å². The van der Waals surface area contributed by atoms with Crippen LogP contribution in [0.4, 0.5) is 0 Å². The van der Waals surface area contributed by atoms with Gasteiger partial charge in [0.05, 0.1) is 11.2 Å². The summed E-state index contributed by atoms with van der Waals surface area (Å²) in [5.74, 6) is 0.703. The Morgan fingerprint density at radius 1 is 1.29 bits per heavy atom. The zero-order chi connectivity index (χ0) is 11.0. The van der Waals surface area contributed by atoms with Gasteiger partial charge in [0, 0.05) is 6.04 Å². The van der Waals surface area contributed by atoms with E-state index in [2.05, 4.69) is 46.9 Å². The molecule has 1 aliphatic rings. The molecule has 0 aromatic carbocycles. The van der Waals surface area contributed by atoms with E-state index in [-0.39, 0.29) is 11.2 Å². The van der Waals surface area contributed by atoms with E-state index in [0.717, 1.165) is 13.0 Å². The Hall–Kier alpha value is -0.0800. The lowest BCUT2D eigenvalue weighted by atomic mass is 9.94. The maximum Gasteiger partial charge on any atom is 0.0787 e. The Morgan fingerprint density at radius 2 is 1.86 bits per heavy atom. The second kappa shape index (κ2) is 3.82. The van der Waals surface area contributed by atoms with E-state index in [1.165, 1.54) is 0 Å². The van der Waals surface area contributed by atoms with E-state index in [9.17, 15) is 0 Å². The average molecular weight is 199 g/mol. The third-order valence-corrected chi connectivity index (χ3v) is 2.85. The van der Waals surface area contributed by atoms with Gasteiger partial charge in [-0.1, -0.05) is 13.8 Å². The topological polar surface area (TPSA) is 21.3 Å². The summed E-state index contributed by atoms with van der Waals surface area (Å²) in [6.45, 7) is 14.3. The van der Waals surface area contributed by atoms with Gasteiger partial charge in [-0.05, 0) is 46.6 Å². The molecule has 0 saturated carbocycles. The zero-order valence-electron chi connectivity index (χ0n) is 10.5. The van der Waals surface area contributed by atoms with Gasteiger partial charge >= 0.3 is 0 Å². The molecule has 0 aliphatic carbocycles. The van der Waals surface area contributed by atoms with Crippen LogP contribution in [0.15, 0.2) is 0 Å². The third-order valence-electron chi connectivity index (χ3n) is 2.85. The van der Waals surface area contributed by atoms with E-state index < -0.39 is 0 Å². The summed E-state index contributed by atoms with van der Waals surface area (Å²) in [5.41, 5.74) is -0.00344. The first kappa shape index (κ1) is 12.0. The molecule has 1 rings (SSSR count). The van der Waals surface area contributed by atoms with Gasteiger partial charge in [-0.15, -0.1) is 0 Å². The number of nitrogens with one attached hydrogen (secondary N) is 1. The standard InChI is InChI=1S/C12H25NO/c1-9(2)8-13-10-7-11(3,4)14-12(10,5)6/h9-10,13H,7-8H2,1-6H3/t10-/m0/s1. The molecule has 0 spiro atoms. The Bertz CT molecular complexity index is 196. The maximum absolute atomic E-state index is 6.02. The van der Waals surface area contributed by atoms with Crippen LogP contribution in [-0.2, 0) is 4.74 Å². The highest BCUT2D eigenvalue weighted by Crippen LogP contribution is 2.37. The van der Waals surface area contributed by atoms with Crippen LogP contribution in [0.25, 0.3) is 0 Å². The first-order chi connectivity index (χ1) is 6.23. The monoisotopic (exact) mass is 199 g/mol. The molecule has 1 fully saturated rings. The Morgan fingerprint density at radius 3 is 2.21 bits per heavy atom. The lowest BCUT2D eigenvalue weighted by Gasteiger charge is -2.28. The minimum absolute atomic E-state index is 0.0259. The van der Waals surface area contributed by atoms with E-state index in [1.54, 1.807) is 0 Å². The molecule has 14 heavy (non-hydrogen) atoms. The van der Waals surface area contributed by atoms with Crippen molar-refractivity contribution in [1.29, 1.82) is 0 Å². The summed E-state index contributed by atoms with van der Waals surface area (Å²) >= 11 is 0. The lowest BCUT2D eigenvalue weighted by Crippen LogP contribution is -2.44. The molecule has 1 saturated heterocycles. The van der Waals surface area contributed by atoms with Crippen molar-refractivity contribution in [3.8, 4) is 0 Å². The van der Waals surface area contributed by atoms with E-state index >= 15 is 0 Å². The fraction of sp³-hybridized carbons (Fsp3) is 1.00. The largest absolute Gasteiger partial charge is 0.368 e. The highest BCUT2D eigenvalue weighted by atomic mass is 16.5. The SMILES string of the molecule is CC(C)CN[C@H]1CC(C)(C)OC1(C)C. The molecule has 84 valence electrons. The molecule has 1 heterocycles. The maximum atomic E-state index is 6.02. The number of ether oxygens (including phenoxy) is 1. The van der Waals surface area contributed by atoms with Crippen molar-refractivity contribution < 1.29 is 4.74 Å². The first-order valence-corrected chi connectivity index (χ1v) is 5.66. The molecule has 1 N–H and O–H groups in total. The fourth-order valence-corrected chi connectivity index (χ4v) is 2.26. The Kier molecular flexibility index (Phi) is 3.27. The van der Waals surface area contributed by atoms with Gasteiger partial charge in [0.2, 0.25) is 0 Å². The van der Waals surface area contributed by atoms with E-state index in [1.807, 2.05) is 0 Å². The lowest BCUT2D eigenvalue weighted by molar-refractivity contribution is -0.0699. The minimum Gasteiger partial charge on any atom is -0.368 e. The van der Waals surface area contributed by atoms with Crippen molar-refractivity contribution in [3.63, 3.8) is 0 Å². The molecule has 0 amide bonds. The molecule has 0 aromatic heterocycles. The fourth-order valence-electron chi connectivity index (χ4n) is 2.26. The first-order valence-electron chi connectivity index (χ1n) is 5.66. The molecule has 1 aliphatic heterocycles. The normalized spacial score (nSPS) is 29.8. The molecular weight excluding hydrogens is 174 g/mol. The van der Waals surface area contributed by atoms with Crippen molar-refractivity contribution in [2.45, 2.75) is 65.2 Å². The van der Waals surface area contributed by atoms with Crippen LogP contribution >= 0.6 is 0 Å². The minimum atomic E-state index is -0.0294.